The topological polar surface area (TPSA) is 80.3 Å². The lowest BCUT2D eigenvalue weighted by Gasteiger charge is -2.33. The Balaban J connectivity index is 1.87. The minimum absolute atomic E-state index is 0.459. The van der Waals surface area contributed by atoms with Crippen LogP contribution in [-0.2, 0) is 9.59 Å². The first-order valence-corrected chi connectivity index (χ1v) is 6.40. The predicted molar refractivity (Wildman–Crippen MR) is 77.0 cm³/mol. The van der Waals surface area contributed by atoms with Crippen LogP contribution in [0.25, 0.3) is 0 Å². The smallest absolute Gasteiger partial charge is 0.278 e. The van der Waals surface area contributed by atoms with E-state index in [1.54, 1.807) is 42.6 Å². The molecule has 21 heavy (non-hydrogen) atoms. The van der Waals surface area contributed by atoms with Gasteiger partial charge >= 0.3 is 0 Å². The Morgan fingerprint density at radius 2 is 2.10 bits per heavy atom. The number of pyridine rings is 1. The van der Waals surface area contributed by atoms with Crippen LogP contribution in [-0.4, -0.2) is 22.4 Å². The summed E-state index contributed by atoms with van der Waals surface area (Å²) in [6, 6.07) is 10.3. The maximum atomic E-state index is 12.4. The number of benzene rings is 1. The van der Waals surface area contributed by atoms with Gasteiger partial charge in [0.25, 0.3) is 17.4 Å². The van der Waals surface area contributed by atoms with Gasteiger partial charge < -0.3 is 15.4 Å². The third kappa shape index (κ3) is 2.31. The standard InChI is InChI=1S/C15H13N3O3/c1-15(13(19)17-10-5-4-8-16-9-10)14(20)18-11-6-2-3-7-12(11)21-15/h2-9H,1H3,(H,17,19)(H,18,20). The van der Waals surface area contributed by atoms with Crippen LogP contribution in [0.1, 0.15) is 6.92 Å². The summed E-state index contributed by atoms with van der Waals surface area (Å²) in [5.41, 5.74) is -0.586. The number of hydrogen-bond donors (Lipinski definition) is 2. The number of carbonyl (C=O) groups is 2. The van der Waals surface area contributed by atoms with E-state index < -0.39 is 17.4 Å². The summed E-state index contributed by atoms with van der Waals surface area (Å²) in [4.78, 5) is 28.5. The fourth-order valence-electron chi connectivity index (χ4n) is 2.00. The molecule has 6 nitrogen and oxygen atoms in total. The zero-order chi connectivity index (χ0) is 14.9. The van der Waals surface area contributed by atoms with Gasteiger partial charge in [0.05, 0.1) is 17.6 Å². The Bertz CT molecular complexity index is 702. The van der Waals surface area contributed by atoms with Crippen LogP contribution in [0.15, 0.2) is 48.8 Å². The van der Waals surface area contributed by atoms with E-state index in [1.807, 2.05) is 0 Å². The molecule has 2 amide bonds. The number of carbonyl (C=O) groups excluding carboxylic acids is 2. The molecule has 1 aromatic heterocycles. The van der Waals surface area contributed by atoms with E-state index in [9.17, 15) is 9.59 Å². The summed E-state index contributed by atoms with van der Waals surface area (Å²) in [5.74, 6) is -0.606. The highest BCUT2D eigenvalue weighted by atomic mass is 16.5. The van der Waals surface area contributed by atoms with Crippen molar-refractivity contribution in [1.82, 2.24) is 4.98 Å². The van der Waals surface area contributed by atoms with Gasteiger partial charge in [0, 0.05) is 6.20 Å². The third-order valence-electron chi connectivity index (χ3n) is 3.24. The van der Waals surface area contributed by atoms with Crippen molar-refractivity contribution in [2.24, 2.45) is 0 Å². The number of hydrogen-bond acceptors (Lipinski definition) is 4. The molecule has 1 aliphatic heterocycles. The molecule has 0 aliphatic carbocycles. The van der Waals surface area contributed by atoms with Crippen LogP contribution in [0, 0.1) is 0 Å². The SMILES string of the molecule is CC1(C(=O)Nc2cccnc2)Oc2ccccc2NC1=O. The lowest BCUT2D eigenvalue weighted by atomic mass is 10.0. The minimum atomic E-state index is -1.63. The van der Waals surface area contributed by atoms with Crippen molar-refractivity contribution in [2.75, 3.05) is 10.6 Å². The number of fused-ring (bicyclic) bond motifs is 1. The van der Waals surface area contributed by atoms with E-state index in [-0.39, 0.29) is 0 Å². The molecule has 2 N–H and O–H groups in total. The van der Waals surface area contributed by atoms with E-state index >= 15 is 0 Å². The lowest BCUT2D eigenvalue weighted by Crippen LogP contribution is -2.56. The molecule has 2 aromatic rings. The van der Waals surface area contributed by atoms with Crippen LogP contribution >= 0.6 is 0 Å². The molecule has 0 radical (unpaired) electrons. The van der Waals surface area contributed by atoms with Crippen molar-refractivity contribution in [2.45, 2.75) is 12.5 Å². The number of nitrogens with zero attached hydrogens (tertiary/aromatic N) is 1. The Hall–Kier alpha value is -2.89. The number of amides is 2. The first kappa shape index (κ1) is 13.1. The maximum Gasteiger partial charge on any atom is 0.278 e. The molecule has 2 heterocycles. The average Bonchev–Trinajstić information content (AvgIpc) is 2.49. The second kappa shape index (κ2) is 4.90. The number of para-hydroxylation sites is 2. The highest BCUT2D eigenvalue weighted by Crippen LogP contribution is 2.33. The molecule has 0 bridgehead atoms. The van der Waals surface area contributed by atoms with E-state index in [0.717, 1.165) is 0 Å². The zero-order valence-corrected chi connectivity index (χ0v) is 11.3. The number of ether oxygens (including phenoxy) is 1. The Labute approximate surface area is 121 Å². The Morgan fingerprint density at radius 3 is 2.86 bits per heavy atom. The summed E-state index contributed by atoms with van der Waals surface area (Å²) < 4.78 is 5.62. The van der Waals surface area contributed by atoms with Gasteiger partial charge in [0.1, 0.15) is 5.75 Å². The minimum Gasteiger partial charge on any atom is -0.466 e. The molecule has 0 fully saturated rings. The fourth-order valence-corrected chi connectivity index (χ4v) is 2.00. The number of aromatic nitrogens is 1. The van der Waals surface area contributed by atoms with Crippen LogP contribution in [0.3, 0.4) is 0 Å². The monoisotopic (exact) mass is 283 g/mol. The second-order valence-electron chi connectivity index (χ2n) is 4.78. The highest BCUT2D eigenvalue weighted by molar-refractivity contribution is 6.18. The van der Waals surface area contributed by atoms with Crippen LogP contribution < -0.4 is 15.4 Å². The summed E-state index contributed by atoms with van der Waals surface area (Å²) in [6.45, 7) is 1.43. The lowest BCUT2D eigenvalue weighted by molar-refractivity contribution is -0.143. The predicted octanol–water partition coefficient (Wildman–Crippen LogP) is 1.81. The number of anilines is 2. The quantitative estimate of drug-likeness (QED) is 0.824. The van der Waals surface area contributed by atoms with E-state index in [2.05, 4.69) is 15.6 Å². The Morgan fingerprint density at radius 1 is 1.29 bits per heavy atom. The van der Waals surface area contributed by atoms with Gasteiger partial charge in [0.2, 0.25) is 0 Å². The first-order chi connectivity index (χ1) is 10.1. The number of rotatable bonds is 2. The van der Waals surface area contributed by atoms with Crippen molar-refractivity contribution < 1.29 is 14.3 Å². The van der Waals surface area contributed by atoms with Crippen molar-refractivity contribution in [3.63, 3.8) is 0 Å². The molecule has 3 rings (SSSR count). The van der Waals surface area contributed by atoms with Gasteiger partial charge in [0.15, 0.2) is 0 Å². The van der Waals surface area contributed by atoms with Crippen molar-refractivity contribution in [3.05, 3.63) is 48.8 Å². The van der Waals surface area contributed by atoms with Crippen molar-refractivity contribution >= 4 is 23.2 Å². The highest BCUT2D eigenvalue weighted by Gasteiger charge is 2.47. The van der Waals surface area contributed by atoms with Crippen LogP contribution in [0.4, 0.5) is 11.4 Å². The van der Waals surface area contributed by atoms with E-state index in [1.165, 1.54) is 13.1 Å². The van der Waals surface area contributed by atoms with Crippen LogP contribution in [0.2, 0.25) is 0 Å². The first-order valence-electron chi connectivity index (χ1n) is 6.40. The molecule has 0 saturated heterocycles. The fraction of sp³-hybridized carbons (Fsp3) is 0.133. The Kier molecular flexibility index (Phi) is 3.06. The molecule has 0 saturated carbocycles. The summed E-state index contributed by atoms with van der Waals surface area (Å²) in [6.07, 6.45) is 3.09. The molecule has 106 valence electrons. The molecular weight excluding hydrogens is 270 g/mol. The summed E-state index contributed by atoms with van der Waals surface area (Å²) in [5, 5.41) is 5.30. The average molecular weight is 283 g/mol. The van der Waals surface area contributed by atoms with Gasteiger partial charge in [-0.2, -0.15) is 0 Å². The van der Waals surface area contributed by atoms with E-state index in [4.69, 9.17) is 4.74 Å². The molecule has 1 aromatic carbocycles. The molecule has 1 unspecified atom stereocenters. The third-order valence-corrected chi connectivity index (χ3v) is 3.24. The van der Waals surface area contributed by atoms with Crippen molar-refractivity contribution in [3.8, 4) is 5.75 Å². The van der Waals surface area contributed by atoms with Gasteiger partial charge in [-0.25, -0.2) is 0 Å². The van der Waals surface area contributed by atoms with Gasteiger partial charge in [-0.3, -0.25) is 14.6 Å². The van der Waals surface area contributed by atoms with Gasteiger partial charge in [-0.15, -0.1) is 0 Å². The van der Waals surface area contributed by atoms with Gasteiger partial charge in [-0.1, -0.05) is 12.1 Å². The van der Waals surface area contributed by atoms with Crippen LogP contribution in [0.5, 0.6) is 5.75 Å². The van der Waals surface area contributed by atoms with E-state index in [0.29, 0.717) is 17.1 Å². The van der Waals surface area contributed by atoms with Gasteiger partial charge in [-0.05, 0) is 31.2 Å². The molecule has 1 atom stereocenters. The molecule has 0 spiro atoms. The summed E-state index contributed by atoms with van der Waals surface area (Å²) >= 11 is 0. The molecule has 1 aliphatic rings. The number of nitrogens with one attached hydrogen (secondary N) is 2. The van der Waals surface area contributed by atoms with Crippen molar-refractivity contribution in [1.29, 1.82) is 0 Å². The largest absolute Gasteiger partial charge is 0.466 e. The normalized spacial score (nSPS) is 20.0. The molecular formula is C15H13N3O3. The molecule has 6 heteroatoms. The maximum absolute atomic E-state index is 12.4. The summed E-state index contributed by atoms with van der Waals surface area (Å²) in [7, 11) is 0. The zero-order valence-electron chi connectivity index (χ0n) is 11.3. The second-order valence-corrected chi connectivity index (χ2v) is 4.78.